The molecule has 2 amide bonds. The Labute approximate surface area is 182 Å². The zero-order chi connectivity index (χ0) is 21.1. The van der Waals surface area contributed by atoms with Crippen LogP contribution in [0, 0.1) is 11.7 Å². The molecule has 1 aromatic carbocycles. The first-order chi connectivity index (χ1) is 14.5. The zero-order valence-corrected chi connectivity index (χ0v) is 17.9. The van der Waals surface area contributed by atoms with Crippen molar-refractivity contribution in [3.8, 4) is 0 Å². The van der Waals surface area contributed by atoms with E-state index in [2.05, 4.69) is 37.1 Å². The van der Waals surface area contributed by atoms with Crippen LogP contribution in [0.4, 0.5) is 10.1 Å². The van der Waals surface area contributed by atoms with E-state index in [-0.39, 0.29) is 35.5 Å². The van der Waals surface area contributed by atoms with Crippen molar-refractivity contribution in [2.75, 3.05) is 18.4 Å². The molecule has 0 bridgehead atoms. The van der Waals surface area contributed by atoms with Gasteiger partial charge in [0.05, 0.1) is 17.4 Å². The molecule has 158 valence electrons. The largest absolute Gasteiger partial charge is 0.341 e. The van der Waals surface area contributed by atoms with Crippen molar-refractivity contribution in [1.29, 1.82) is 0 Å². The summed E-state index contributed by atoms with van der Waals surface area (Å²) >= 11 is 3.20. The van der Waals surface area contributed by atoms with Crippen LogP contribution >= 0.6 is 15.9 Å². The second kappa shape index (κ2) is 9.20. The van der Waals surface area contributed by atoms with E-state index in [4.69, 9.17) is 0 Å². The number of aromatic nitrogens is 1. The number of pyridine rings is 1. The number of likely N-dealkylation sites (tertiary alicyclic amines) is 1. The third kappa shape index (κ3) is 4.69. The summed E-state index contributed by atoms with van der Waals surface area (Å²) in [5.74, 6) is -0.904. The lowest BCUT2D eigenvalue weighted by molar-refractivity contribution is -0.136. The number of hydrazine groups is 1. The molecule has 2 fully saturated rings. The van der Waals surface area contributed by atoms with Crippen LogP contribution in [0.3, 0.4) is 0 Å². The molecule has 9 heteroatoms. The van der Waals surface area contributed by atoms with Crippen LogP contribution in [0.1, 0.15) is 31.0 Å². The minimum atomic E-state index is -0.479. The van der Waals surface area contributed by atoms with Gasteiger partial charge >= 0.3 is 0 Å². The third-order valence-corrected chi connectivity index (χ3v) is 6.11. The number of hydrogen-bond acceptors (Lipinski definition) is 5. The molecule has 0 spiro atoms. The highest BCUT2D eigenvalue weighted by molar-refractivity contribution is 9.10. The number of benzene rings is 1. The monoisotopic (exact) mass is 475 g/mol. The molecular weight excluding hydrogens is 453 g/mol. The number of anilines is 1. The van der Waals surface area contributed by atoms with E-state index in [0.717, 1.165) is 5.69 Å². The fourth-order valence-corrected chi connectivity index (χ4v) is 4.24. The van der Waals surface area contributed by atoms with Gasteiger partial charge in [0.2, 0.25) is 11.8 Å². The van der Waals surface area contributed by atoms with Crippen LogP contribution in [0.15, 0.2) is 47.1 Å². The van der Waals surface area contributed by atoms with Crippen molar-refractivity contribution in [1.82, 2.24) is 20.7 Å². The molecule has 4 rings (SSSR count). The van der Waals surface area contributed by atoms with Gasteiger partial charge in [0.1, 0.15) is 11.9 Å². The van der Waals surface area contributed by atoms with Crippen molar-refractivity contribution < 1.29 is 14.0 Å². The summed E-state index contributed by atoms with van der Waals surface area (Å²) < 4.78 is 14.6. The van der Waals surface area contributed by atoms with Crippen molar-refractivity contribution in [2.45, 2.75) is 31.3 Å². The average molecular weight is 476 g/mol. The second-order valence-corrected chi connectivity index (χ2v) is 8.51. The first kappa shape index (κ1) is 20.9. The van der Waals surface area contributed by atoms with E-state index < -0.39 is 5.82 Å². The number of nitrogens with one attached hydrogen (secondary N) is 3. The first-order valence-electron chi connectivity index (χ1n) is 9.98. The molecular formula is C21H23BrFN5O2. The highest BCUT2D eigenvalue weighted by atomic mass is 79.9. The summed E-state index contributed by atoms with van der Waals surface area (Å²) in [5, 5.41) is 2.66. The number of carbonyl (C=O) groups excluding carboxylic acids is 2. The van der Waals surface area contributed by atoms with E-state index in [1.54, 1.807) is 17.2 Å². The molecule has 2 unspecified atom stereocenters. The lowest BCUT2D eigenvalue weighted by Gasteiger charge is -2.32. The van der Waals surface area contributed by atoms with E-state index >= 15 is 0 Å². The predicted molar refractivity (Wildman–Crippen MR) is 114 cm³/mol. The fraction of sp³-hybridized carbons (Fsp3) is 0.381. The van der Waals surface area contributed by atoms with Crippen LogP contribution < -0.4 is 16.2 Å². The van der Waals surface area contributed by atoms with Gasteiger partial charge in [-0.1, -0.05) is 22.0 Å². The van der Waals surface area contributed by atoms with Crippen molar-refractivity contribution in [3.05, 3.63) is 58.6 Å². The van der Waals surface area contributed by atoms with Crippen molar-refractivity contribution in [3.63, 3.8) is 0 Å². The highest BCUT2D eigenvalue weighted by Gasteiger charge is 2.35. The van der Waals surface area contributed by atoms with Crippen LogP contribution in [-0.4, -0.2) is 40.8 Å². The van der Waals surface area contributed by atoms with Crippen LogP contribution in [0.2, 0.25) is 0 Å². The Morgan fingerprint density at radius 1 is 1.17 bits per heavy atom. The number of carbonyl (C=O) groups is 2. The quantitative estimate of drug-likeness (QED) is 0.632. The Morgan fingerprint density at radius 3 is 2.67 bits per heavy atom. The normalized spacial score (nSPS) is 22.1. The van der Waals surface area contributed by atoms with Gasteiger partial charge in [0.25, 0.3) is 0 Å². The maximum atomic E-state index is 14.0. The molecule has 2 aliphatic heterocycles. The Morgan fingerprint density at radius 2 is 1.97 bits per heavy atom. The molecule has 3 heterocycles. The number of hydrogen-bond donors (Lipinski definition) is 3. The lowest BCUT2D eigenvalue weighted by Crippen LogP contribution is -2.49. The van der Waals surface area contributed by atoms with Gasteiger partial charge in [-0.3, -0.25) is 14.6 Å². The lowest BCUT2D eigenvalue weighted by atomic mass is 9.95. The van der Waals surface area contributed by atoms with Gasteiger partial charge in [-0.15, -0.1) is 0 Å². The maximum Gasteiger partial charge on any atom is 0.241 e. The van der Waals surface area contributed by atoms with Crippen LogP contribution in [-0.2, 0) is 9.59 Å². The smallest absolute Gasteiger partial charge is 0.241 e. The summed E-state index contributed by atoms with van der Waals surface area (Å²) in [5.41, 5.74) is 7.29. The third-order valence-electron chi connectivity index (χ3n) is 5.61. The predicted octanol–water partition coefficient (Wildman–Crippen LogP) is 2.77. The molecule has 2 aromatic rings. The van der Waals surface area contributed by atoms with E-state index in [1.807, 2.05) is 18.2 Å². The summed E-state index contributed by atoms with van der Waals surface area (Å²) in [6.07, 6.45) is 3.47. The summed E-state index contributed by atoms with van der Waals surface area (Å²) in [6.45, 7) is 1.01. The minimum Gasteiger partial charge on any atom is -0.341 e. The summed E-state index contributed by atoms with van der Waals surface area (Å²) in [6, 6.07) is 9.92. The van der Waals surface area contributed by atoms with Gasteiger partial charge in [0, 0.05) is 29.7 Å². The molecule has 3 N–H and O–H groups in total. The Balaban J connectivity index is 1.28. The molecule has 2 aliphatic rings. The zero-order valence-electron chi connectivity index (χ0n) is 16.3. The summed E-state index contributed by atoms with van der Waals surface area (Å²) in [7, 11) is 0. The standard InChI is InChI=1S/C21H23BrFN5O2/c22-14-4-5-16(15(23)11-14)25-20(29)13-6-9-28(10-7-13)21(30)19-12-18(26-27-19)17-3-1-2-8-24-17/h1-5,8,11,13,18-19,26-27H,6-7,9-10,12H2,(H,25,29). The van der Waals surface area contributed by atoms with Crippen molar-refractivity contribution >= 4 is 33.4 Å². The number of rotatable bonds is 4. The molecule has 0 saturated carbocycles. The molecule has 0 radical (unpaired) electrons. The van der Waals surface area contributed by atoms with Crippen molar-refractivity contribution in [2.24, 2.45) is 5.92 Å². The topological polar surface area (TPSA) is 86.4 Å². The number of amides is 2. The molecule has 2 saturated heterocycles. The Kier molecular flexibility index (Phi) is 6.40. The van der Waals surface area contributed by atoms with Gasteiger partial charge < -0.3 is 10.2 Å². The van der Waals surface area contributed by atoms with Gasteiger partial charge in [-0.25, -0.2) is 15.2 Å². The van der Waals surface area contributed by atoms with E-state index in [9.17, 15) is 14.0 Å². The van der Waals surface area contributed by atoms with Gasteiger partial charge in [0.15, 0.2) is 0 Å². The molecule has 0 aliphatic carbocycles. The molecule has 30 heavy (non-hydrogen) atoms. The van der Waals surface area contributed by atoms with E-state index in [1.165, 1.54) is 12.1 Å². The second-order valence-electron chi connectivity index (χ2n) is 7.60. The molecule has 2 atom stereocenters. The van der Waals surface area contributed by atoms with Crippen LogP contribution in [0.25, 0.3) is 0 Å². The highest BCUT2D eigenvalue weighted by Crippen LogP contribution is 2.25. The minimum absolute atomic E-state index is 0.00993. The van der Waals surface area contributed by atoms with Gasteiger partial charge in [-0.2, -0.15) is 0 Å². The molecule has 7 nitrogen and oxygen atoms in total. The SMILES string of the molecule is O=C(Nc1ccc(Br)cc1F)C1CCN(C(=O)C2CC(c3ccccn3)NN2)CC1. The maximum absolute atomic E-state index is 14.0. The summed E-state index contributed by atoms with van der Waals surface area (Å²) in [4.78, 5) is 31.5. The first-order valence-corrected chi connectivity index (χ1v) is 10.8. The fourth-order valence-electron chi connectivity index (χ4n) is 3.90. The number of nitrogens with zero attached hydrogens (tertiary/aromatic N) is 2. The molecule has 1 aromatic heterocycles. The average Bonchev–Trinajstić information content (AvgIpc) is 3.26. The Bertz CT molecular complexity index is 921. The van der Waals surface area contributed by atoms with Gasteiger partial charge in [-0.05, 0) is 49.6 Å². The number of halogens is 2. The number of piperidine rings is 1. The van der Waals surface area contributed by atoms with Crippen LogP contribution in [0.5, 0.6) is 0 Å². The Hall–Kier alpha value is -2.36. The van der Waals surface area contributed by atoms with E-state index in [0.29, 0.717) is 36.8 Å².